The summed E-state index contributed by atoms with van der Waals surface area (Å²) in [5.74, 6) is 3.44. The summed E-state index contributed by atoms with van der Waals surface area (Å²) in [5, 5.41) is 6.20. The Kier molecular flexibility index (Phi) is 2.27. The summed E-state index contributed by atoms with van der Waals surface area (Å²) < 4.78 is 0. The summed E-state index contributed by atoms with van der Waals surface area (Å²) in [6, 6.07) is 0. The lowest BCUT2D eigenvalue weighted by molar-refractivity contribution is 0.922. The van der Waals surface area contributed by atoms with Crippen LogP contribution in [0, 0.1) is 6.92 Å². The van der Waals surface area contributed by atoms with Crippen molar-refractivity contribution in [2.24, 2.45) is 0 Å². The highest BCUT2D eigenvalue weighted by Gasteiger charge is 2.27. The van der Waals surface area contributed by atoms with Crippen molar-refractivity contribution in [3.8, 4) is 0 Å². The first-order valence-electron chi connectivity index (χ1n) is 5.00. The van der Waals surface area contributed by atoms with Gasteiger partial charge in [-0.3, -0.25) is 0 Å². The van der Waals surface area contributed by atoms with E-state index in [9.17, 15) is 0 Å². The molecule has 1 aromatic heterocycles. The zero-order valence-electron chi connectivity index (χ0n) is 8.89. The van der Waals surface area contributed by atoms with Gasteiger partial charge in [0.2, 0.25) is 0 Å². The summed E-state index contributed by atoms with van der Waals surface area (Å²) in [6.07, 6.45) is 2.46. The molecule has 1 fully saturated rings. The summed E-state index contributed by atoms with van der Waals surface area (Å²) >= 11 is 0. The zero-order valence-corrected chi connectivity index (χ0v) is 8.89. The van der Waals surface area contributed by atoms with Crippen LogP contribution in [-0.2, 0) is 0 Å². The Hall–Kier alpha value is -1.32. The molecule has 4 nitrogen and oxygen atoms in total. The Morgan fingerprint density at radius 3 is 1.93 bits per heavy atom. The second-order valence-electron chi connectivity index (χ2n) is 3.68. The molecule has 76 valence electrons. The second-order valence-corrected chi connectivity index (χ2v) is 3.68. The largest absolute Gasteiger partial charge is 0.373 e. The fraction of sp³-hybridized carbons (Fsp3) is 0.600. The molecule has 0 atom stereocenters. The molecule has 0 aromatic carbocycles. The molecule has 1 aliphatic carbocycles. The zero-order chi connectivity index (χ0) is 10.1. The third kappa shape index (κ3) is 1.52. The minimum absolute atomic E-state index is 0.592. The fourth-order valence-electron chi connectivity index (χ4n) is 1.54. The molecule has 2 N–H and O–H groups in total. The summed E-state index contributed by atoms with van der Waals surface area (Å²) in [6.45, 7) is 2.02. The van der Waals surface area contributed by atoms with Crippen LogP contribution in [0.4, 0.5) is 11.6 Å². The first-order valence-corrected chi connectivity index (χ1v) is 5.00. The van der Waals surface area contributed by atoms with Crippen LogP contribution in [0.1, 0.15) is 30.1 Å². The molecule has 2 rings (SSSR count). The van der Waals surface area contributed by atoms with Gasteiger partial charge < -0.3 is 10.6 Å². The number of hydrogen-bond donors (Lipinski definition) is 2. The average Bonchev–Trinajstić information content (AvgIpc) is 3.02. The topological polar surface area (TPSA) is 49.8 Å². The first-order chi connectivity index (χ1) is 6.76. The molecule has 1 heterocycles. The molecule has 1 saturated carbocycles. The Morgan fingerprint density at radius 2 is 1.57 bits per heavy atom. The molecule has 0 unspecified atom stereocenters. The van der Waals surface area contributed by atoms with E-state index in [1.807, 2.05) is 21.0 Å². The van der Waals surface area contributed by atoms with Crippen molar-refractivity contribution >= 4 is 11.6 Å². The third-order valence-corrected chi connectivity index (χ3v) is 2.58. The smallest absolute Gasteiger partial charge is 0.136 e. The van der Waals surface area contributed by atoms with Crippen LogP contribution in [-0.4, -0.2) is 24.1 Å². The van der Waals surface area contributed by atoms with Gasteiger partial charge in [-0.2, -0.15) is 0 Å². The molecule has 0 aliphatic heterocycles. The van der Waals surface area contributed by atoms with Crippen LogP contribution in [0.3, 0.4) is 0 Å². The normalized spacial score (nSPS) is 15.4. The van der Waals surface area contributed by atoms with Gasteiger partial charge in [-0.15, -0.1) is 0 Å². The van der Waals surface area contributed by atoms with Crippen molar-refractivity contribution in [3.05, 3.63) is 11.4 Å². The standard InChI is InChI=1S/C10H16N4/c1-6-8(11-2)13-10(7-4-5-7)14-9(6)12-3/h7H,4-5H2,1-3H3,(H2,11,12,13,14). The lowest BCUT2D eigenvalue weighted by atomic mass is 10.3. The minimum Gasteiger partial charge on any atom is -0.373 e. The van der Waals surface area contributed by atoms with E-state index < -0.39 is 0 Å². The maximum absolute atomic E-state index is 4.50. The van der Waals surface area contributed by atoms with Crippen LogP contribution < -0.4 is 10.6 Å². The number of hydrogen-bond acceptors (Lipinski definition) is 4. The SMILES string of the molecule is CNc1nc(C2CC2)nc(NC)c1C. The average molecular weight is 192 g/mol. The number of nitrogens with zero attached hydrogens (tertiary/aromatic N) is 2. The molecule has 0 spiro atoms. The van der Waals surface area contributed by atoms with Gasteiger partial charge in [0.25, 0.3) is 0 Å². The van der Waals surface area contributed by atoms with Gasteiger partial charge in [0.1, 0.15) is 17.5 Å². The van der Waals surface area contributed by atoms with Gasteiger partial charge in [0, 0.05) is 25.6 Å². The van der Waals surface area contributed by atoms with E-state index in [2.05, 4.69) is 20.6 Å². The summed E-state index contributed by atoms with van der Waals surface area (Å²) in [4.78, 5) is 9.00. The van der Waals surface area contributed by atoms with E-state index in [-0.39, 0.29) is 0 Å². The second kappa shape index (κ2) is 3.44. The molecule has 4 heteroatoms. The highest BCUT2D eigenvalue weighted by atomic mass is 15.1. The predicted molar refractivity (Wildman–Crippen MR) is 57.8 cm³/mol. The lowest BCUT2D eigenvalue weighted by Gasteiger charge is -2.10. The molecule has 0 amide bonds. The Labute approximate surface area is 84.2 Å². The van der Waals surface area contributed by atoms with Crippen molar-refractivity contribution in [1.82, 2.24) is 9.97 Å². The van der Waals surface area contributed by atoms with E-state index in [0.717, 1.165) is 23.0 Å². The Balaban J connectivity index is 2.43. The van der Waals surface area contributed by atoms with Crippen LogP contribution in [0.2, 0.25) is 0 Å². The third-order valence-electron chi connectivity index (χ3n) is 2.58. The molecule has 1 aromatic rings. The summed E-state index contributed by atoms with van der Waals surface area (Å²) in [7, 11) is 3.79. The van der Waals surface area contributed by atoms with Crippen LogP contribution in [0.25, 0.3) is 0 Å². The van der Waals surface area contributed by atoms with E-state index in [1.165, 1.54) is 12.8 Å². The first kappa shape index (κ1) is 9.24. The Bertz CT molecular complexity index is 319. The highest BCUT2D eigenvalue weighted by Crippen LogP contribution is 2.39. The number of rotatable bonds is 3. The molecule has 0 bridgehead atoms. The van der Waals surface area contributed by atoms with Crippen LogP contribution in [0.15, 0.2) is 0 Å². The minimum atomic E-state index is 0.592. The van der Waals surface area contributed by atoms with Gasteiger partial charge in [-0.05, 0) is 19.8 Å². The van der Waals surface area contributed by atoms with Gasteiger partial charge in [0.15, 0.2) is 0 Å². The van der Waals surface area contributed by atoms with Crippen molar-refractivity contribution in [2.75, 3.05) is 24.7 Å². The van der Waals surface area contributed by atoms with Crippen LogP contribution >= 0.6 is 0 Å². The summed E-state index contributed by atoms with van der Waals surface area (Å²) in [5.41, 5.74) is 1.08. The fourth-order valence-corrected chi connectivity index (χ4v) is 1.54. The Morgan fingerprint density at radius 1 is 1.07 bits per heavy atom. The van der Waals surface area contributed by atoms with Crippen molar-refractivity contribution in [1.29, 1.82) is 0 Å². The molecule has 0 radical (unpaired) electrons. The van der Waals surface area contributed by atoms with Gasteiger partial charge in [-0.25, -0.2) is 9.97 Å². The van der Waals surface area contributed by atoms with Crippen molar-refractivity contribution in [2.45, 2.75) is 25.7 Å². The molecule has 1 aliphatic rings. The van der Waals surface area contributed by atoms with Gasteiger partial charge >= 0.3 is 0 Å². The highest BCUT2D eigenvalue weighted by molar-refractivity contribution is 5.57. The predicted octanol–water partition coefficient (Wildman–Crippen LogP) is 1.75. The van der Waals surface area contributed by atoms with Gasteiger partial charge in [-0.1, -0.05) is 0 Å². The molecular formula is C10H16N4. The van der Waals surface area contributed by atoms with E-state index in [1.54, 1.807) is 0 Å². The monoisotopic (exact) mass is 192 g/mol. The van der Waals surface area contributed by atoms with Crippen molar-refractivity contribution < 1.29 is 0 Å². The number of aromatic nitrogens is 2. The maximum Gasteiger partial charge on any atom is 0.136 e. The molecule has 14 heavy (non-hydrogen) atoms. The van der Waals surface area contributed by atoms with E-state index in [4.69, 9.17) is 0 Å². The lowest BCUT2D eigenvalue weighted by Crippen LogP contribution is -2.06. The molecular weight excluding hydrogens is 176 g/mol. The van der Waals surface area contributed by atoms with E-state index in [0.29, 0.717) is 5.92 Å². The molecule has 0 saturated heterocycles. The van der Waals surface area contributed by atoms with Crippen molar-refractivity contribution in [3.63, 3.8) is 0 Å². The number of nitrogens with one attached hydrogen (secondary N) is 2. The number of anilines is 2. The quantitative estimate of drug-likeness (QED) is 0.766. The maximum atomic E-state index is 4.50. The van der Waals surface area contributed by atoms with Gasteiger partial charge in [0.05, 0.1) is 0 Å². The van der Waals surface area contributed by atoms with E-state index >= 15 is 0 Å². The van der Waals surface area contributed by atoms with Crippen LogP contribution in [0.5, 0.6) is 0 Å².